The van der Waals surface area contributed by atoms with Crippen LogP contribution in [0.1, 0.15) is 62.3 Å². The topological polar surface area (TPSA) is 0 Å². The lowest BCUT2D eigenvalue weighted by Crippen LogP contribution is -2.71. The molecular weight excluding hydrogens is 260 g/mol. The summed E-state index contributed by atoms with van der Waals surface area (Å²) in [4.78, 5) is 0. The second kappa shape index (κ2) is 4.38. The Balaban J connectivity index is 6.37. The summed E-state index contributed by atoms with van der Waals surface area (Å²) in [7, 11) is -1.70. The number of hydrogen-bond donors (Lipinski definition) is 0. The van der Waals surface area contributed by atoms with Crippen molar-refractivity contribution in [3.05, 3.63) is 0 Å². The quantitative estimate of drug-likeness (QED) is 0.390. The van der Waals surface area contributed by atoms with E-state index in [4.69, 9.17) is 11.1 Å². The minimum absolute atomic E-state index is 0.334. The molecule has 0 unspecified atom stereocenters. The zero-order valence-corrected chi connectivity index (χ0v) is 16.6. The summed E-state index contributed by atoms with van der Waals surface area (Å²) < 4.78 is 0. The van der Waals surface area contributed by atoms with E-state index < -0.39 is 14.5 Å². The van der Waals surface area contributed by atoms with Gasteiger partial charge >= 0.3 is 0 Å². The van der Waals surface area contributed by atoms with E-state index in [0.717, 1.165) is 0 Å². The summed E-state index contributed by atoms with van der Waals surface area (Å²) in [6.45, 7) is 24.8. The molecule has 17 heavy (non-hydrogen) atoms. The Morgan fingerprint density at radius 3 is 0.765 bits per heavy atom. The highest BCUT2D eigenvalue weighted by Gasteiger charge is 2.67. The Labute approximate surface area is 116 Å². The Morgan fingerprint density at radius 2 is 0.765 bits per heavy atom. The first-order chi connectivity index (χ1) is 7.00. The first kappa shape index (κ1) is 17.7. The molecule has 0 aromatic carbocycles. The molecular formula is C14H33ClSi2. The van der Waals surface area contributed by atoms with Crippen molar-refractivity contribution in [3.63, 3.8) is 0 Å². The second-order valence-corrected chi connectivity index (χ2v) is 27.7. The van der Waals surface area contributed by atoms with Gasteiger partial charge in [-0.1, -0.05) is 75.4 Å². The van der Waals surface area contributed by atoms with E-state index in [1.807, 2.05) is 0 Å². The van der Waals surface area contributed by atoms with Crippen LogP contribution >= 0.6 is 11.1 Å². The van der Waals surface area contributed by atoms with Gasteiger partial charge in [-0.2, -0.15) is 11.1 Å². The zero-order valence-electron chi connectivity index (χ0n) is 13.9. The van der Waals surface area contributed by atoms with Crippen LogP contribution in [-0.2, 0) is 0 Å². The molecule has 0 bridgehead atoms. The highest BCUT2D eigenvalue weighted by molar-refractivity contribution is 7.60. The van der Waals surface area contributed by atoms with Crippen LogP contribution in [-0.4, -0.2) is 14.5 Å². The van der Waals surface area contributed by atoms with Crippen molar-refractivity contribution in [3.8, 4) is 0 Å². The molecule has 0 rings (SSSR count). The van der Waals surface area contributed by atoms with E-state index in [1.165, 1.54) is 0 Å². The van der Waals surface area contributed by atoms with E-state index in [2.05, 4.69) is 75.4 Å². The minimum atomic E-state index is -1.73. The Bertz CT molecular complexity index is 207. The largest absolute Gasteiger partial charge is 0.171 e. The van der Waals surface area contributed by atoms with E-state index in [-0.39, 0.29) is 0 Å². The molecule has 0 saturated heterocycles. The molecule has 0 nitrogen and oxygen atoms in total. The summed E-state index contributed by atoms with van der Waals surface area (Å²) >= 11 is 7.11. The van der Waals surface area contributed by atoms with Crippen molar-refractivity contribution in [2.24, 2.45) is 0 Å². The maximum absolute atomic E-state index is 7.11. The van der Waals surface area contributed by atoms with Gasteiger partial charge in [-0.25, -0.2) is 0 Å². The molecule has 3 heteroatoms. The lowest BCUT2D eigenvalue weighted by Gasteiger charge is -2.64. The molecule has 0 fully saturated rings. The van der Waals surface area contributed by atoms with Gasteiger partial charge in [0.15, 0.2) is 0 Å². The van der Waals surface area contributed by atoms with Gasteiger partial charge in [-0.3, -0.25) is 0 Å². The lowest BCUT2D eigenvalue weighted by molar-refractivity contribution is 0.553. The van der Waals surface area contributed by atoms with Crippen LogP contribution in [0.3, 0.4) is 0 Å². The number of rotatable bonds is 1. The van der Waals surface area contributed by atoms with Crippen molar-refractivity contribution < 1.29 is 0 Å². The van der Waals surface area contributed by atoms with E-state index in [9.17, 15) is 0 Å². The molecule has 0 N–H and O–H groups in total. The van der Waals surface area contributed by atoms with Gasteiger partial charge < -0.3 is 0 Å². The molecule has 0 spiro atoms. The van der Waals surface area contributed by atoms with Gasteiger partial charge in [0.05, 0.1) is 7.59 Å². The Morgan fingerprint density at radius 1 is 0.588 bits per heavy atom. The van der Waals surface area contributed by atoms with Gasteiger partial charge in [0.1, 0.15) is 6.90 Å². The molecule has 0 aliphatic rings. The van der Waals surface area contributed by atoms with Crippen LogP contribution in [0.5, 0.6) is 0 Å². The maximum Gasteiger partial charge on any atom is 0.143 e. The lowest BCUT2D eigenvalue weighted by atomic mass is 10.2. The SMILES string of the molecule is CC(C)(C)[Si](C(C)(C)C)(C(C)(C)C)[Si](C)(C)Cl. The summed E-state index contributed by atoms with van der Waals surface area (Å²) in [5.41, 5.74) is 0. The van der Waals surface area contributed by atoms with Crippen molar-refractivity contribution in [2.75, 3.05) is 0 Å². The van der Waals surface area contributed by atoms with Gasteiger partial charge in [-0.15, -0.1) is 0 Å². The standard InChI is InChI=1S/C14H33ClSi2/c1-12(2,3)17(13(4,5)6,14(7,8)9)16(10,11)15/h1-11H3. The molecule has 0 atom stereocenters. The van der Waals surface area contributed by atoms with Gasteiger partial charge in [0.2, 0.25) is 0 Å². The number of halogens is 1. The van der Waals surface area contributed by atoms with Crippen LogP contribution in [0.15, 0.2) is 0 Å². The van der Waals surface area contributed by atoms with Crippen LogP contribution in [0.2, 0.25) is 28.2 Å². The first-order valence-corrected chi connectivity index (χ1v) is 13.7. The molecule has 0 aromatic heterocycles. The minimum Gasteiger partial charge on any atom is -0.171 e. The molecule has 0 aromatic rings. The van der Waals surface area contributed by atoms with Crippen LogP contribution in [0.25, 0.3) is 0 Å². The highest BCUT2D eigenvalue weighted by Crippen LogP contribution is 2.66. The van der Waals surface area contributed by atoms with E-state index in [1.54, 1.807) is 0 Å². The third-order valence-corrected chi connectivity index (χ3v) is 27.5. The van der Waals surface area contributed by atoms with Crippen LogP contribution in [0.4, 0.5) is 0 Å². The summed E-state index contributed by atoms with van der Waals surface area (Å²) in [6.07, 6.45) is 0. The van der Waals surface area contributed by atoms with Crippen molar-refractivity contribution in [1.29, 1.82) is 0 Å². The number of hydrogen-bond acceptors (Lipinski definition) is 0. The van der Waals surface area contributed by atoms with Gasteiger partial charge in [0.25, 0.3) is 0 Å². The monoisotopic (exact) mass is 292 g/mol. The molecule has 0 saturated carbocycles. The van der Waals surface area contributed by atoms with E-state index in [0.29, 0.717) is 15.1 Å². The summed E-state index contributed by atoms with van der Waals surface area (Å²) in [5.74, 6) is 0. The third kappa shape index (κ3) is 2.69. The molecule has 104 valence electrons. The van der Waals surface area contributed by atoms with Gasteiger partial charge in [-0.05, 0) is 15.1 Å². The summed E-state index contributed by atoms with van der Waals surface area (Å²) in [5, 5.41) is 1.00. The molecule has 0 radical (unpaired) electrons. The maximum atomic E-state index is 7.11. The zero-order chi connectivity index (χ0) is 14.5. The smallest absolute Gasteiger partial charge is 0.143 e. The third-order valence-electron chi connectivity index (χ3n) is 4.27. The van der Waals surface area contributed by atoms with Crippen molar-refractivity contribution in [2.45, 2.75) is 90.5 Å². The van der Waals surface area contributed by atoms with Gasteiger partial charge in [0, 0.05) is 0 Å². The summed E-state index contributed by atoms with van der Waals surface area (Å²) in [6, 6.07) is 0. The fourth-order valence-corrected chi connectivity index (χ4v) is 41.9. The second-order valence-electron chi connectivity index (χ2n) is 8.97. The molecule has 0 heterocycles. The molecule has 0 aliphatic heterocycles. The van der Waals surface area contributed by atoms with Crippen LogP contribution < -0.4 is 0 Å². The van der Waals surface area contributed by atoms with Crippen molar-refractivity contribution in [1.82, 2.24) is 0 Å². The molecule has 0 aliphatic carbocycles. The fraction of sp³-hybridized carbons (Fsp3) is 1.00. The average molecular weight is 293 g/mol. The highest BCUT2D eigenvalue weighted by atomic mass is 35.6. The van der Waals surface area contributed by atoms with Crippen molar-refractivity contribution >= 4 is 25.6 Å². The normalized spacial score (nSPS) is 16.2. The first-order valence-electron chi connectivity index (χ1n) is 6.69. The Hall–Kier alpha value is 0.724. The predicted molar refractivity (Wildman–Crippen MR) is 88.2 cm³/mol. The van der Waals surface area contributed by atoms with E-state index >= 15 is 0 Å². The average Bonchev–Trinajstić information content (AvgIpc) is 1.67. The Kier molecular flexibility index (Phi) is 4.57. The van der Waals surface area contributed by atoms with Crippen LogP contribution in [0, 0.1) is 0 Å². The fourth-order valence-electron chi connectivity index (χ4n) is 6.05. The molecule has 0 amide bonds. The predicted octanol–water partition coefficient (Wildman–Crippen LogP) is 6.36.